The van der Waals surface area contributed by atoms with Crippen molar-refractivity contribution < 1.29 is 0 Å². The van der Waals surface area contributed by atoms with Crippen LogP contribution in [0.15, 0.2) is 18.5 Å². The van der Waals surface area contributed by atoms with Gasteiger partial charge in [-0.25, -0.2) is 0 Å². The van der Waals surface area contributed by atoms with Gasteiger partial charge in [-0.15, -0.1) is 0 Å². The number of likely N-dealkylation sites (tertiary alicyclic amines) is 1. The van der Waals surface area contributed by atoms with E-state index in [1.165, 1.54) is 37.8 Å². The molecule has 2 heterocycles. The molecule has 0 aromatic carbocycles. The first-order chi connectivity index (χ1) is 8.70. The summed E-state index contributed by atoms with van der Waals surface area (Å²) < 4.78 is 2.34. The number of hydrogen-bond donors (Lipinski definition) is 1. The highest BCUT2D eigenvalue weighted by atomic mass is 15.1. The van der Waals surface area contributed by atoms with Gasteiger partial charge in [0.2, 0.25) is 0 Å². The Kier molecular flexibility index (Phi) is 4.84. The summed E-state index contributed by atoms with van der Waals surface area (Å²) in [6.45, 7) is 4.62. The van der Waals surface area contributed by atoms with Gasteiger partial charge in [-0.1, -0.05) is 6.42 Å². The van der Waals surface area contributed by atoms with Gasteiger partial charge in [0.1, 0.15) is 0 Å². The fourth-order valence-electron chi connectivity index (χ4n) is 2.83. The SMILES string of the molecule is CNC(C)c1ccn(CCC2CCCCN2C)c1. The van der Waals surface area contributed by atoms with Crippen LogP contribution in [-0.2, 0) is 6.54 Å². The van der Waals surface area contributed by atoms with Crippen molar-refractivity contribution in [3.63, 3.8) is 0 Å². The van der Waals surface area contributed by atoms with Crippen molar-refractivity contribution in [1.29, 1.82) is 0 Å². The number of aryl methyl sites for hydroxylation is 1. The van der Waals surface area contributed by atoms with Crippen LogP contribution in [0.2, 0.25) is 0 Å². The lowest BCUT2D eigenvalue weighted by atomic mass is 10.0. The zero-order valence-corrected chi connectivity index (χ0v) is 12.0. The molecule has 18 heavy (non-hydrogen) atoms. The molecule has 0 bridgehead atoms. The van der Waals surface area contributed by atoms with Crippen LogP contribution in [0.5, 0.6) is 0 Å². The molecular weight excluding hydrogens is 222 g/mol. The minimum Gasteiger partial charge on any atom is -0.354 e. The van der Waals surface area contributed by atoms with Crippen molar-refractivity contribution in [2.75, 3.05) is 20.6 Å². The first-order valence-electron chi connectivity index (χ1n) is 7.24. The third kappa shape index (κ3) is 3.36. The Bertz CT molecular complexity index is 358. The fraction of sp³-hybridized carbons (Fsp3) is 0.733. The highest BCUT2D eigenvalue weighted by molar-refractivity contribution is 5.14. The molecule has 1 fully saturated rings. The summed E-state index contributed by atoms with van der Waals surface area (Å²) in [4.78, 5) is 2.53. The Morgan fingerprint density at radius 2 is 2.28 bits per heavy atom. The van der Waals surface area contributed by atoms with Crippen molar-refractivity contribution in [2.24, 2.45) is 0 Å². The van der Waals surface area contributed by atoms with Crippen molar-refractivity contribution in [2.45, 2.75) is 51.2 Å². The van der Waals surface area contributed by atoms with Crippen molar-refractivity contribution >= 4 is 0 Å². The van der Waals surface area contributed by atoms with E-state index in [9.17, 15) is 0 Å². The standard InChI is InChI=1S/C15H27N3/c1-13(16-2)14-7-10-18(12-14)11-8-15-6-4-5-9-17(15)3/h7,10,12-13,15-16H,4-6,8-9,11H2,1-3H3. The van der Waals surface area contributed by atoms with E-state index >= 15 is 0 Å². The van der Waals surface area contributed by atoms with E-state index in [-0.39, 0.29) is 0 Å². The fourth-order valence-corrected chi connectivity index (χ4v) is 2.83. The van der Waals surface area contributed by atoms with E-state index in [0.29, 0.717) is 6.04 Å². The maximum atomic E-state index is 3.29. The van der Waals surface area contributed by atoms with E-state index in [1.54, 1.807) is 0 Å². The molecule has 1 aliphatic rings. The molecule has 2 rings (SSSR count). The van der Waals surface area contributed by atoms with Gasteiger partial charge in [-0.05, 0) is 58.5 Å². The quantitative estimate of drug-likeness (QED) is 0.865. The summed E-state index contributed by atoms with van der Waals surface area (Å²) in [7, 11) is 4.28. The highest BCUT2D eigenvalue weighted by Gasteiger charge is 2.18. The summed E-state index contributed by atoms with van der Waals surface area (Å²) in [5, 5.41) is 3.29. The Labute approximate surface area is 111 Å². The minimum absolute atomic E-state index is 0.448. The number of aromatic nitrogens is 1. The average Bonchev–Trinajstić information content (AvgIpc) is 2.86. The second kappa shape index (κ2) is 6.39. The van der Waals surface area contributed by atoms with E-state index < -0.39 is 0 Å². The number of hydrogen-bond acceptors (Lipinski definition) is 2. The van der Waals surface area contributed by atoms with Crippen LogP contribution < -0.4 is 5.32 Å². The first kappa shape index (κ1) is 13.6. The van der Waals surface area contributed by atoms with E-state index in [4.69, 9.17) is 0 Å². The number of nitrogens with zero attached hydrogens (tertiary/aromatic N) is 2. The van der Waals surface area contributed by atoms with Gasteiger partial charge in [0.15, 0.2) is 0 Å². The van der Waals surface area contributed by atoms with E-state index in [1.807, 2.05) is 7.05 Å². The van der Waals surface area contributed by atoms with E-state index in [0.717, 1.165) is 12.6 Å². The van der Waals surface area contributed by atoms with E-state index in [2.05, 4.69) is 47.2 Å². The van der Waals surface area contributed by atoms with Crippen LogP contribution in [-0.4, -0.2) is 36.1 Å². The summed E-state index contributed by atoms with van der Waals surface area (Å²) in [6.07, 6.45) is 9.93. The summed E-state index contributed by atoms with van der Waals surface area (Å²) in [5.74, 6) is 0. The van der Waals surface area contributed by atoms with Gasteiger partial charge < -0.3 is 14.8 Å². The average molecular weight is 249 g/mol. The maximum absolute atomic E-state index is 3.29. The zero-order valence-electron chi connectivity index (χ0n) is 12.0. The van der Waals surface area contributed by atoms with Gasteiger partial charge in [0, 0.05) is 31.0 Å². The highest BCUT2D eigenvalue weighted by Crippen LogP contribution is 2.19. The van der Waals surface area contributed by atoms with Crippen molar-refractivity contribution in [1.82, 2.24) is 14.8 Å². The molecule has 1 saturated heterocycles. The Balaban J connectivity index is 1.84. The van der Waals surface area contributed by atoms with Gasteiger partial charge in [-0.3, -0.25) is 0 Å². The Morgan fingerprint density at radius 1 is 1.44 bits per heavy atom. The smallest absolute Gasteiger partial charge is 0.0304 e. The molecule has 1 aliphatic heterocycles. The summed E-state index contributed by atoms with van der Waals surface area (Å²) in [5.41, 5.74) is 1.38. The molecule has 1 aromatic heterocycles. The topological polar surface area (TPSA) is 20.2 Å². The molecule has 0 amide bonds. The van der Waals surface area contributed by atoms with Crippen LogP contribution in [0.1, 0.15) is 44.2 Å². The molecule has 0 aliphatic carbocycles. The summed E-state index contributed by atoms with van der Waals surface area (Å²) >= 11 is 0. The molecule has 3 nitrogen and oxygen atoms in total. The van der Waals surface area contributed by atoms with Crippen LogP contribution in [0, 0.1) is 0 Å². The lowest BCUT2D eigenvalue weighted by Gasteiger charge is -2.32. The zero-order chi connectivity index (χ0) is 13.0. The normalized spacial score (nSPS) is 23.2. The van der Waals surface area contributed by atoms with Crippen LogP contribution in [0.4, 0.5) is 0 Å². The second-order valence-electron chi connectivity index (χ2n) is 5.61. The molecule has 3 heteroatoms. The van der Waals surface area contributed by atoms with Crippen molar-refractivity contribution in [3.8, 4) is 0 Å². The van der Waals surface area contributed by atoms with Crippen LogP contribution >= 0.6 is 0 Å². The van der Waals surface area contributed by atoms with Gasteiger partial charge in [0.25, 0.3) is 0 Å². The molecule has 2 atom stereocenters. The van der Waals surface area contributed by atoms with Gasteiger partial charge >= 0.3 is 0 Å². The predicted molar refractivity (Wildman–Crippen MR) is 76.8 cm³/mol. The molecule has 102 valence electrons. The number of piperidine rings is 1. The van der Waals surface area contributed by atoms with Crippen LogP contribution in [0.3, 0.4) is 0 Å². The molecule has 0 saturated carbocycles. The monoisotopic (exact) mass is 249 g/mol. The summed E-state index contributed by atoms with van der Waals surface area (Å²) in [6, 6.07) is 3.46. The molecule has 0 radical (unpaired) electrons. The lowest BCUT2D eigenvalue weighted by Crippen LogP contribution is -2.36. The first-order valence-corrected chi connectivity index (χ1v) is 7.24. The number of rotatable bonds is 5. The molecule has 1 N–H and O–H groups in total. The molecule has 1 aromatic rings. The van der Waals surface area contributed by atoms with Gasteiger partial charge in [0.05, 0.1) is 0 Å². The maximum Gasteiger partial charge on any atom is 0.0304 e. The van der Waals surface area contributed by atoms with Crippen LogP contribution in [0.25, 0.3) is 0 Å². The lowest BCUT2D eigenvalue weighted by molar-refractivity contribution is 0.171. The second-order valence-corrected chi connectivity index (χ2v) is 5.61. The van der Waals surface area contributed by atoms with Gasteiger partial charge in [-0.2, -0.15) is 0 Å². The third-order valence-electron chi connectivity index (χ3n) is 4.35. The predicted octanol–water partition coefficient (Wildman–Crippen LogP) is 2.64. The third-order valence-corrected chi connectivity index (χ3v) is 4.35. The molecule has 2 unspecified atom stereocenters. The number of nitrogens with one attached hydrogen (secondary N) is 1. The largest absolute Gasteiger partial charge is 0.354 e. The van der Waals surface area contributed by atoms with Crippen molar-refractivity contribution in [3.05, 3.63) is 24.0 Å². The Hall–Kier alpha value is -0.800. The Morgan fingerprint density at radius 3 is 3.00 bits per heavy atom. The minimum atomic E-state index is 0.448. The molecule has 0 spiro atoms. The molecular formula is C15H27N3.